The zero-order chi connectivity index (χ0) is 9.54. The number of fused-ring (bicyclic) bond motifs is 3. The summed E-state index contributed by atoms with van der Waals surface area (Å²) in [6.07, 6.45) is 0. The van der Waals surface area contributed by atoms with Crippen molar-refractivity contribution in [2.75, 3.05) is 13.1 Å². The molecule has 1 amide bonds. The molecule has 0 aliphatic carbocycles. The molecule has 1 fully saturated rings. The molecule has 3 nitrogen and oxygen atoms in total. The second-order valence-electron chi connectivity index (χ2n) is 3.93. The van der Waals surface area contributed by atoms with Gasteiger partial charge in [-0.25, -0.2) is 0 Å². The largest absolute Gasteiger partial charge is 0.347 e. The minimum atomic E-state index is 0. The summed E-state index contributed by atoms with van der Waals surface area (Å²) in [5.41, 5.74) is 2.05. The third-order valence-corrected chi connectivity index (χ3v) is 3.14. The summed E-state index contributed by atoms with van der Waals surface area (Å²) in [4.78, 5) is 11.7. The molecule has 3 rings (SSSR count). The minimum absolute atomic E-state index is 0. The predicted octanol–water partition coefficient (Wildman–Crippen LogP) is 0.907. The maximum absolute atomic E-state index is 11.7. The quantitative estimate of drug-likeness (QED) is 0.688. The van der Waals surface area contributed by atoms with Crippen LogP contribution in [0, 0.1) is 0 Å². The molecule has 2 heterocycles. The van der Waals surface area contributed by atoms with Crippen LogP contribution in [0.1, 0.15) is 21.8 Å². The van der Waals surface area contributed by atoms with E-state index in [0.717, 1.165) is 18.7 Å². The van der Waals surface area contributed by atoms with Crippen LogP contribution in [-0.4, -0.2) is 25.0 Å². The summed E-state index contributed by atoms with van der Waals surface area (Å²) in [5, 5.41) is 6.34. The summed E-state index contributed by atoms with van der Waals surface area (Å²) in [6, 6.07) is 8.18. The standard InChI is InChI=1S/C11H12N2O.ClH/c14-11-8-4-2-1-3-7(8)9-5-12-6-10(9)13-11;/h1-4,9-10,12H,5-6H2,(H,13,14);1H. The van der Waals surface area contributed by atoms with Crippen LogP contribution in [0.4, 0.5) is 0 Å². The number of hydrogen-bond donors (Lipinski definition) is 2. The van der Waals surface area contributed by atoms with E-state index in [1.807, 2.05) is 18.2 Å². The lowest BCUT2D eigenvalue weighted by molar-refractivity contribution is 0.0924. The van der Waals surface area contributed by atoms with Gasteiger partial charge in [0.15, 0.2) is 0 Å². The molecule has 1 aromatic rings. The molecule has 2 aliphatic rings. The smallest absolute Gasteiger partial charge is 0.251 e. The van der Waals surface area contributed by atoms with Crippen molar-refractivity contribution in [3.8, 4) is 0 Å². The number of benzene rings is 1. The second kappa shape index (κ2) is 3.83. The molecular formula is C11H13ClN2O. The Kier molecular flexibility index (Phi) is 2.67. The lowest BCUT2D eigenvalue weighted by Gasteiger charge is -2.27. The molecular weight excluding hydrogens is 212 g/mol. The Morgan fingerprint density at radius 2 is 2.00 bits per heavy atom. The van der Waals surface area contributed by atoms with Crippen LogP contribution >= 0.6 is 12.4 Å². The first-order valence-electron chi connectivity index (χ1n) is 4.97. The van der Waals surface area contributed by atoms with Crippen molar-refractivity contribution in [2.24, 2.45) is 0 Å². The predicted molar refractivity (Wildman–Crippen MR) is 60.6 cm³/mol. The summed E-state index contributed by atoms with van der Waals surface area (Å²) in [6.45, 7) is 1.87. The highest BCUT2D eigenvalue weighted by Crippen LogP contribution is 2.29. The van der Waals surface area contributed by atoms with Crippen LogP contribution < -0.4 is 10.6 Å². The molecule has 1 saturated heterocycles. The molecule has 2 N–H and O–H groups in total. The van der Waals surface area contributed by atoms with E-state index in [0.29, 0.717) is 5.92 Å². The topological polar surface area (TPSA) is 41.1 Å². The highest BCUT2D eigenvalue weighted by atomic mass is 35.5. The molecule has 2 unspecified atom stereocenters. The maximum Gasteiger partial charge on any atom is 0.251 e. The van der Waals surface area contributed by atoms with E-state index in [-0.39, 0.29) is 24.4 Å². The Morgan fingerprint density at radius 1 is 1.20 bits per heavy atom. The fraction of sp³-hybridized carbons (Fsp3) is 0.364. The van der Waals surface area contributed by atoms with Gasteiger partial charge in [-0.2, -0.15) is 0 Å². The molecule has 0 saturated carbocycles. The molecule has 15 heavy (non-hydrogen) atoms. The van der Waals surface area contributed by atoms with Crippen molar-refractivity contribution in [1.82, 2.24) is 10.6 Å². The van der Waals surface area contributed by atoms with Crippen molar-refractivity contribution >= 4 is 18.3 Å². The Hall–Kier alpha value is -1.06. The van der Waals surface area contributed by atoms with Crippen LogP contribution in [-0.2, 0) is 0 Å². The molecule has 80 valence electrons. The van der Waals surface area contributed by atoms with Crippen LogP contribution in [0.3, 0.4) is 0 Å². The molecule has 0 bridgehead atoms. The summed E-state index contributed by atoms with van der Waals surface area (Å²) in [7, 11) is 0. The highest BCUT2D eigenvalue weighted by Gasteiger charge is 2.36. The fourth-order valence-electron chi connectivity index (χ4n) is 2.43. The number of amides is 1. The van der Waals surface area contributed by atoms with E-state index in [9.17, 15) is 4.79 Å². The van der Waals surface area contributed by atoms with Gasteiger partial charge in [-0.05, 0) is 11.6 Å². The third kappa shape index (κ3) is 1.52. The summed E-state index contributed by atoms with van der Waals surface area (Å²) in [5.74, 6) is 0.537. The number of nitrogens with one attached hydrogen (secondary N) is 2. The van der Waals surface area contributed by atoms with Gasteiger partial charge >= 0.3 is 0 Å². The van der Waals surface area contributed by atoms with Crippen LogP contribution in [0.15, 0.2) is 24.3 Å². The van der Waals surface area contributed by atoms with Crippen molar-refractivity contribution in [3.63, 3.8) is 0 Å². The number of carbonyl (C=O) groups excluding carboxylic acids is 1. The maximum atomic E-state index is 11.7. The summed E-state index contributed by atoms with van der Waals surface area (Å²) < 4.78 is 0. The lowest BCUT2D eigenvalue weighted by atomic mass is 9.86. The highest BCUT2D eigenvalue weighted by molar-refractivity contribution is 5.97. The SMILES string of the molecule is Cl.O=C1NC2CNCC2c2ccccc21. The van der Waals surface area contributed by atoms with Gasteiger partial charge in [-0.3, -0.25) is 4.79 Å². The molecule has 2 aliphatic heterocycles. The van der Waals surface area contributed by atoms with E-state index >= 15 is 0 Å². The molecule has 2 atom stereocenters. The first-order chi connectivity index (χ1) is 6.86. The van der Waals surface area contributed by atoms with Gasteiger partial charge in [-0.15, -0.1) is 12.4 Å². The lowest BCUT2D eigenvalue weighted by Crippen LogP contribution is -2.44. The molecule has 0 radical (unpaired) electrons. The van der Waals surface area contributed by atoms with E-state index in [2.05, 4.69) is 16.7 Å². The van der Waals surface area contributed by atoms with E-state index < -0.39 is 0 Å². The average Bonchev–Trinajstić information content (AvgIpc) is 2.66. The number of rotatable bonds is 0. The average molecular weight is 225 g/mol. The molecule has 0 spiro atoms. The normalized spacial score (nSPS) is 27.3. The van der Waals surface area contributed by atoms with Gasteiger partial charge in [0.2, 0.25) is 0 Å². The monoisotopic (exact) mass is 224 g/mol. The van der Waals surface area contributed by atoms with E-state index in [1.165, 1.54) is 5.56 Å². The molecule has 0 aromatic heterocycles. The Labute approximate surface area is 94.7 Å². The van der Waals surface area contributed by atoms with Crippen LogP contribution in [0.2, 0.25) is 0 Å². The first-order valence-corrected chi connectivity index (χ1v) is 4.97. The third-order valence-electron chi connectivity index (χ3n) is 3.14. The number of carbonyl (C=O) groups is 1. The zero-order valence-electron chi connectivity index (χ0n) is 8.19. The molecule has 1 aromatic carbocycles. The van der Waals surface area contributed by atoms with Gasteiger partial charge in [0, 0.05) is 30.6 Å². The summed E-state index contributed by atoms with van der Waals surface area (Å²) >= 11 is 0. The van der Waals surface area contributed by atoms with E-state index in [4.69, 9.17) is 0 Å². The number of halogens is 1. The first kappa shape index (κ1) is 10.5. The minimum Gasteiger partial charge on any atom is -0.347 e. The van der Waals surface area contributed by atoms with Gasteiger partial charge in [-0.1, -0.05) is 18.2 Å². The Balaban J connectivity index is 0.000000853. The van der Waals surface area contributed by atoms with Gasteiger partial charge in [0.05, 0.1) is 0 Å². The zero-order valence-corrected chi connectivity index (χ0v) is 9.01. The van der Waals surface area contributed by atoms with E-state index in [1.54, 1.807) is 0 Å². The number of hydrogen-bond acceptors (Lipinski definition) is 2. The van der Waals surface area contributed by atoms with Crippen LogP contribution in [0.5, 0.6) is 0 Å². The Morgan fingerprint density at radius 3 is 2.87 bits per heavy atom. The molecule has 4 heteroatoms. The van der Waals surface area contributed by atoms with Crippen molar-refractivity contribution in [2.45, 2.75) is 12.0 Å². The van der Waals surface area contributed by atoms with Crippen LogP contribution in [0.25, 0.3) is 0 Å². The fourth-order valence-corrected chi connectivity index (χ4v) is 2.43. The van der Waals surface area contributed by atoms with Gasteiger partial charge < -0.3 is 10.6 Å². The Bertz CT molecular complexity index is 394. The van der Waals surface area contributed by atoms with Crippen molar-refractivity contribution in [3.05, 3.63) is 35.4 Å². The van der Waals surface area contributed by atoms with Crippen molar-refractivity contribution < 1.29 is 4.79 Å². The van der Waals surface area contributed by atoms with Crippen molar-refractivity contribution in [1.29, 1.82) is 0 Å². The second-order valence-corrected chi connectivity index (χ2v) is 3.93. The van der Waals surface area contributed by atoms with Gasteiger partial charge in [0.1, 0.15) is 0 Å². The van der Waals surface area contributed by atoms with Gasteiger partial charge in [0.25, 0.3) is 5.91 Å².